The lowest BCUT2D eigenvalue weighted by Crippen LogP contribution is -2.25. The molecule has 0 aliphatic heterocycles. The van der Waals surface area contributed by atoms with Crippen molar-refractivity contribution in [2.75, 3.05) is 38.7 Å². The topological polar surface area (TPSA) is 104 Å². The van der Waals surface area contributed by atoms with Gasteiger partial charge < -0.3 is 29.2 Å². The smallest absolute Gasteiger partial charge is 0.229 e. The van der Waals surface area contributed by atoms with E-state index in [1.165, 1.54) is 0 Å². The van der Waals surface area contributed by atoms with Crippen LogP contribution in [0.1, 0.15) is 17.0 Å². The third-order valence-corrected chi connectivity index (χ3v) is 6.78. The highest BCUT2D eigenvalue weighted by atomic mass is 16.5. The Morgan fingerprint density at radius 3 is 1.88 bits per heavy atom. The van der Waals surface area contributed by atoms with Gasteiger partial charge in [0.1, 0.15) is 23.1 Å². The van der Waals surface area contributed by atoms with Crippen molar-refractivity contribution in [1.82, 2.24) is 19.9 Å². The summed E-state index contributed by atoms with van der Waals surface area (Å²) < 4.78 is 21.6. The highest BCUT2D eigenvalue weighted by molar-refractivity contribution is 5.75. The van der Waals surface area contributed by atoms with E-state index >= 15 is 0 Å². The minimum Gasteiger partial charge on any atom is -0.497 e. The maximum atomic E-state index is 5.47. The van der Waals surface area contributed by atoms with E-state index in [-0.39, 0.29) is 0 Å². The number of pyridine rings is 1. The Morgan fingerprint density at radius 1 is 0.674 bits per heavy atom. The first kappa shape index (κ1) is 29.1. The molecule has 3 aromatic carbocycles. The molecule has 0 aliphatic rings. The molecule has 5 aromatic rings. The predicted molar refractivity (Wildman–Crippen MR) is 166 cm³/mol. The zero-order chi connectivity index (χ0) is 30.2. The third-order valence-electron chi connectivity index (χ3n) is 6.78. The Labute approximate surface area is 251 Å². The van der Waals surface area contributed by atoms with Crippen LogP contribution >= 0.6 is 0 Å². The number of methoxy groups -OCH3 is 4. The lowest BCUT2D eigenvalue weighted by Gasteiger charge is -2.24. The molecule has 0 saturated heterocycles. The average molecular weight is 579 g/mol. The summed E-state index contributed by atoms with van der Waals surface area (Å²) >= 11 is 0. The van der Waals surface area contributed by atoms with Gasteiger partial charge >= 0.3 is 0 Å². The number of aromatic nitrogens is 4. The van der Waals surface area contributed by atoms with Gasteiger partial charge in [-0.25, -0.2) is 9.97 Å². The first-order valence-corrected chi connectivity index (χ1v) is 13.7. The van der Waals surface area contributed by atoms with E-state index in [4.69, 9.17) is 33.9 Å². The van der Waals surface area contributed by atoms with Crippen LogP contribution in [0, 0.1) is 6.92 Å². The fraction of sp³-hybridized carbons (Fsp3) is 0.212. The number of hydrogen-bond donors (Lipinski definition) is 1. The predicted octanol–water partition coefficient (Wildman–Crippen LogP) is 6.23. The summed E-state index contributed by atoms with van der Waals surface area (Å²) in [5.41, 5.74) is 3.69. The summed E-state index contributed by atoms with van der Waals surface area (Å²) in [5.74, 6) is 5.10. The molecule has 0 saturated carbocycles. The first-order chi connectivity index (χ1) is 21.0. The van der Waals surface area contributed by atoms with Crippen LogP contribution in [0.25, 0.3) is 11.4 Å². The van der Waals surface area contributed by atoms with Gasteiger partial charge in [-0.3, -0.25) is 0 Å². The van der Waals surface area contributed by atoms with Gasteiger partial charge in [0.05, 0.1) is 34.0 Å². The number of nitrogens with one attached hydrogen (secondary N) is 1. The number of aryl methyl sites for hydroxylation is 1. The second kappa shape index (κ2) is 13.5. The van der Waals surface area contributed by atoms with Crippen LogP contribution in [-0.4, -0.2) is 48.4 Å². The van der Waals surface area contributed by atoms with E-state index in [2.05, 4.69) is 15.2 Å². The molecule has 0 aliphatic carbocycles. The molecule has 10 heteroatoms. The molecule has 0 bridgehead atoms. The number of benzene rings is 3. The van der Waals surface area contributed by atoms with Crippen molar-refractivity contribution < 1.29 is 18.9 Å². The molecule has 0 radical (unpaired) electrons. The molecule has 2 aromatic heterocycles. The van der Waals surface area contributed by atoms with E-state index in [1.54, 1.807) is 34.6 Å². The van der Waals surface area contributed by atoms with Gasteiger partial charge in [0, 0.05) is 31.0 Å². The lowest BCUT2D eigenvalue weighted by atomic mass is 10.1. The van der Waals surface area contributed by atoms with Gasteiger partial charge in [-0.15, -0.1) is 0 Å². The SMILES string of the molecule is COc1ccc(CN(Cc2ccc(OC)cc2)c2nc(C)nc(-c3cccnc3Nc3ccc(OC)c(OC)c3)n2)cc1. The largest absolute Gasteiger partial charge is 0.497 e. The summed E-state index contributed by atoms with van der Waals surface area (Å²) in [6, 6.07) is 25.4. The third kappa shape index (κ3) is 7.10. The van der Waals surface area contributed by atoms with Gasteiger partial charge in [-0.05, 0) is 66.6 Å². The standard InChI is InChI=1S/C33H34N6O4/c1-22-35-32(28-7-6-18-34-31(28)37-25-12-17-29(42-4)30(19-25)43-5)38-33(36-22)39(20-23-8-13-26(40-2)14-9-23)21-24-10-15-27(41-3)16-11-24/h6-19H,20-21H2,1-5H3,(H,34,37). The van der Waals surface area contributed by atoms with Crippen molar-refractivity contribution in [2.45, 2.75) is 20.0 Å². The van der Waals surface area contributed by atoms with E-state index in [0.717, 1.165) is 33.9 Å². The van der Waals surface area contributed by atoms with Crippen molar-refractivity contribution in [3.8, 4) is 34.4 Å². The summed E-state index contributed by atoms with van der Waals surface area (Å²) in [4.78, 5) is 21.1. The van der Waals surface area contributed by atoms with E-state index in [9.17, 15) is 0 Å². The highest BCUT2D eigenvalue weighted by Crippen LogP contribution is 2.33. The van der Waals surface area contributed by atoms with Crippen LogP contribution < -0.4 is 29.2 Å². The molecular formula is C33H34N6O4. The summed E-state index contributed by atoms with van der Waals surface area (Å²) in [5, 5.41) is 3.38. The summed E-state index contributed by atoms with van der Waals surface area (Å²) in [6.45, 7) is 3.01. The van der Waals surface area contributed by atoms with Crippen LogP contribution in [-0.2, 0) is 13.1 Å². The van der Waals surface area contributed by atoms with E-state index in [0.29, 0.717) is 48.0 Å². The number of anilines is 3. The zero-order valence-electron chi connectivity index (χ0n) is 24.9. The van der Waals surface area contributed by atoms with Gasteiger partial charge in [0.25, 0.3) is 0 Å². The Bertz CT molecular complexity index is 1610. The van der Waals surface area contributed by atoms with Crippen molar-refractivity contribution in [3.63, 3.8) is 0 Å². The first-order valence-electron chi connectivity index (χ1n) is 13.7. The fourth-order valence-electron chi connectivity index (χ4n) is 4.57. The van der Waals surface area contributed by atoms with Gasteiger partial charge in [0.15, 0.2) is 17.3 Å². The Balaban J connectivity index is 1.51. The molecule has 0 amide bonds. The summed E-state index contributed by atoms with van der Waals surface area (Å²) in [7, 11) is 6.53. The Kier molecular flexibility index (Phi) is 9.16. The molecule has 5 rings (SSSR count). The second-order valence-corrected chi connectivity index (χ2v) is 9.65. The molecule has 220 valence electrons. The molecule has 0 spiro atoms. The van der Waals surface area contributed by atoms with Crippen molar-refractivity contribution in [2.24, 2.45) is 0 Å². The van der Waals surface area contributed by atoms with Gasteiger partial charge in [-0.2, -0.15) is 9.97 Å². The minimum atomic E-state index is 0.507. The molecule has 0 atom stereocenters. The van der Waals surface area contributed by atoms with Gasteiger partial charge in [-0.1, -0.05) is 24.3 Å². The number of nitrogens with zero attached hydrogens (tertiary/aromatic N) is 5. The zero-order valence-corrected chi connectivity index (χ0v) is 24.9. The van der Waals surface area contributed by atoms with Crippen LogP contribution in [0.15, 0.2) is 85.1 Å². The van der Waals surface area contributed by atoms with E-state index < -0.39 is 0 Å². The number of hydrogen-bond acceptors (Lipinski definition) is 10. The summed E-state index contributed by atoms with van der Waals surface area (Å²) in [6.07, 6.45) is 1.72. The quantitative estimate of drug-likeness (QED) is 0.183. The van der Waals surface area contributed by atoms with Crippen molar-refractivity contribution in [1.29, 1.82) is 0 Å². The van der Waals surface area contributed by atoms with E-state index in [1.807, 2.05) is 85.8 Å². The number of ether oxygens (including phenoxy) is 4. The molecular weight excluding hydrogens is 544 g/mol. The monoisotopic (exact) mass is 578 g/mol. The molecule has 43 heavy (non-hydrogen) atoms. The fourth-order valence-corrected chi connectivity index (χ4v) is 4.57. The van der Waals surface area contributed by atoms with Gasteiger partial charge in [0.2, 0.25) is 5.95 Å². The molecule has 1 N–H and O–H groups in total. The van der Waals surface area contributed by atoms with Crippen molar-refractivity contribution in [3.05, 3.63) is 102 Å². The van der Waals surface area contributed by atoms with Crippen LogP contribution in [0.5, 0.6) is 23.0 Å². The van der Waals surface area contributed by atoms with Crippen LogP contribution in [0.3, 0.4) is 0 Å². The Morgan fingerprint density at radius 2 is 1.30 bits per heavy atom. The second-order valence-electron chi connectivity index (χ2n) is 9.65. The van der Waals surface area contributed by atoms with Crippen LogP contribution in [0.4, 0.5) is 17.5 Å². The normalized spacial score (nSPS) is 10.6. The van der Waals surface area contributed by atoms with Crippen LogP contribution in [0.2, 0.25) is 0 Å². The maximum Gasteiger partial charge on any atom is 0.229 e. The highest BCUT2D eigenvalue weighted by Gasteiger charge is 2.18. The number of rotatable bonds is 12. The van der Waals surface area contributed by atoms with Crippen molar-refractivity contribution >= 4 is 17.5 Å². The lowest BCUT2D eigenvalue weighted by molar-refractivity contribution is 0.355. The molecule has 0 fully saturated rings. The Hall–Kier alpha value is -5.38. The molecule has 2 heterocycles. The molecule has 10 nitrogen and oxygen atoms in total. The minimum absolute atomic E-state index is 0.507. The molecule has 0 unspecified atom stereocenters. The maximum absolute atomic E-state index is 5.47. The average Bonchev–Trinajstić information content (AvgIpc) is 3.05.